The Kier molecular flexibility index (Phi) is 9.99. The minimum Gasteiger partial charge on any atom is -0.495 e. The van der Waals surface area contributed by atoms with Crippen molar-refractivity contribution in [3.8, 4) is 5.75 Å². The van der Waals surface area contributed by atoms with Crippen LogP contribution in [0.1, 0.15) is 30.2 Å². The normalized spacial score (nSPS) is 16.4. The van der Waals surface area contributed by atoms with Crippen molar-refractivity contribution in [3.05, 3.63) is 40.3 Å². The van der Waals surface area contributed by atoms with Gasteiger partial charge < -0.3 is 20.3 Å². The minimum atomic E-state index is 0. The third-order valence-corrected chi connectivity index (χ3v) is 6.06. The summed E-state index contributed by atoms with van der Waals surface area (Å²) in [6, 6.07) is 8.25. The maximum Gasteiger partial charge on any atom is 0.191 e. The summed E-state index contributed by atoms with van der Waals surface area (Å²) in [7, 11) is 1.74. The van der Waals surface area contributed by atoms with Gasteiger partial charge in [-0.1, -0.05) is 19.1 Å². The molecule has 3 rings (SSSR count). The first-order valence-electron chi connectivity index (χ1n) is 10.1. The van der Waals surface area contributed by atoms with Gasteiger partial charge in [-0.2, -0.15) is 0 Å². The minimum absolute atomic E-state index is 0. The Balaban J connectivity index is 0.00000300. The predicted molar refractivity (Wildman–Crippen MR) is 133 cm³/mol. The van der Waals surface area contributed by atoms with Gasteiger partial charge in [-0.25, -0.2) is 9.98 Å². The summed E-state index contributed by atoms with van der Waals surface area (Å²) < 4.78 is 5.52. The van der Waals surface area contributed by atoms with Crippen LogP contribution in [0.2, 0.25) is 0 Å². The summed E-state index contributed by atoms with van der Waals surface area (Å²) in [4.78, 5) is 12.9. The molecule has 1 fully saturated rings. The van der Waals surface area contributed by atoms with Gasteiger partial charge in [0.15, 0.2) is 5.96 Å². The number of anilines is 1. The summed E-state index contributed by atoms with van der Waals surface area (Å²) in [5, 5.41) is 7.92. The lowest BCUT2D eigenvalue weighted by molar-refractivity contribution is 0.414. The molecule has 0 spiro atoms. The summed E-state index contributed by atoms with van der Waals surface area (Å²) in [6.07, 6.45) is 4.15. The Labute approximate surface area is 195 Å². The van der Waals surface area contributed by atoms with Crippen LogP contribution in [0.5, 0.6) is 5.75 Å². The Morgan fingerprint density at radius 2 is 2.14 bits per heavy atom. The van der Waals surface area contributed by atoms with Crippen molar-refractivity contribution in [3.63, 3.8) is 0 Å². The first kappa shape index (κ1) is 23.7. The van der Waals surface area contributed by atoms with Crippen molar-refractivity contribution in [2.45, 2.75) is 33.2 Å². The van der Waals surface area contributed by atoms with E-state index < -0.39 is 0 Å². The molecule has 1 aliphatic heterocycles. The molecule has 1 unspecified atom stereocenters. The number of aryl methyl sites for hydroxylation is 1. The fourth-order valence-electron chi connectivity index (χ4n) is 3.42. The lowest BCUT2D eigenvalue weighted by Crippen LogP contribution is -2.40. The zero-order valence-electron chi connectivity index (χ0n) is 17.5. The molecule has 2 heterocycles. The van der Waals surface area contributed by atoms with E-state index in [1.165, 1.54) is 10.6 Å². The molecule has 8 heteroatoms. The Hall–Kier alpha value is -1.55. The third-order valence-electron chi connectivity index (χ3n) is 4.94. The number of benzene rings is 1. The molecule has 6 nitrogen and oxygen atoms in total. The van der Waals surface area contributed by atoms with Crippen molar-refractivity contribution < 1.29 is 4.74 Å². The second kappa shape index (κ2) is 12.2. The second-order valence-electron chi connectivity index (χ2n) is 6.92. The molecule has 1 saturated heterocycles. The van der Waals surface area contributed by atoms with E-state index in [1.807, 2.05) is 18.3 Å². The molecule has 0 aliphatic carbocycles. The number of rotatable bonds is 8. The summed E-state index contributed by atoms with van der Waals surface area (Å²) >= 11 is 1.75. The third kappa shape index (κ3) is 6.74. The number of ether oxygens (including phenoxy) is 1. The molecule has 1 aromatic carbocycles. The largest absolute Gasteiger partial charge is 0.495 e. The number of hydrogen-bond donors (Lipinski definition) is 2. The molecular weight excluding hydrogens is 497 g/mol. The van der Waals surface area contributed by atoms with E-state index in [0.29, 0.717) is 12.5 Å². The molecule has 0 bridgehead atoms. The predicted octanol–water partition coefficient (Wildman–Crippen LogP) is 3.91. The summed E-state index contributed by atoms with van der Waals surface area (Å²) in [5.41, 5.74) is 1.18. The van der Waals surface area contributed by atoms with Crippen molar-refractivity contribution in [1.82, 2.24) is 15.6 Å². The van der Waals surface area contributed by atoms with E-state index in [0.717, 1.165) is 55.7 Å². The molecule has 0 radical (unpaired) electrons. The lowest BCUT2D eigenvalue weighted by atomic mass is 10.1. The van der Waals surface area contributed by atoms with Gasteiger partial charge >= 0.3 is 0 Å². The Morgan fingerprint density at radius 1 is 1.31 bits per heavy atom. The Bertz CT molecular complexity index is 782. The second-order valence-corrected chi connectivity index (χ2v) is 8.12. The number of methoxy groups -OCH3 is 1. The van der Waals surface area contributed by atoms with E-state index in [2.05, 4.69) is 46.5 Å². The number of nitrogens with one attached hydrogen (secondary N) is 2. The quantitative estimate of drug-likeness (QED) is 0.309. The molecule has 2 aromatic rings. The van der Waals surface area contributed by atoms with E-state index in [4.69, 9.17) is 9.73 Å². The molecule has 2 N–H and O–H groups in total. The monoisotopic (exact) mass is 529 g/mol. The van der Waals surface area contributed by atoms with E-state index in [1.54, 1.807) is 18.4 Å². The van der Waals surface area contributed by atoms with Crippen LogP contribution >= 0.6 is 35.3 Å². The number of aromatic nitrogens is 1. The fraction of sp³-hybridized carbons (Fsp3) is 0.524. The number of para-hydroxylation sites is 2. The van der Waals surface area contributed by atoms with Crippen LogP contribution in [0, 0.1) is 5.92 Å². The number of guanidine groups is 1. The lowest BCUT2D eigenvalue weighted by Gasteiger charge is -2.21. The van der Waals surface area contributed by atoms with Gasteiger partial charge in [0.25, 0.3) is 0 Å². The highest BCUT2D eigenvalue weighted by atomic mass is 127. The van der Waals surface area contributed by atoms with E-state index in [-0.39, 0.29) is 24.0 Å². The molecule has 0 amide bonds. The molecule has 1 atom stereocenters. The highest BCUT2D eigenvalue weighted by Gasteiger charge is 2.24. The standard InChI is InChI=1S/C21H31N5OS.HI/c1-4-17-13-23-20(28-17)14-25-21(22-5-2)24-12-16-10-11-26(15-16)18-8-6-7-9-19(18)27-3;/h6-9,13,16H,4-5,10-12,14-15H2,1-3H3,(H2,22,24,25);1H. The van der Waals surface area contributed by atoms with E-state index in [9.17, 15) is 0 Å². The van der Waals surface area contributed by atoms with Crippen LogP contribution in [0.25, 0.3) is 0 Å². The zero-order valence-corrected chi connectivity index (χ0v) is 20.6. The SMILES string of the molecule is CCNC(=NCc1ncc(CC)s1)NCC1CCN(c2ccccc2OC)C1.I. The smallest absolute Gasteiger partial charge is 0.191 e. The van der Waals surface area contributed by atoms with Crippen molar-refractivity contribution >= 4 is 47.0 Å². The van der Waals surface area contributed by atoms with Gasteiger partial charge in [0.2, 0.25) is 0 Å². The molecule has 0 saturated carbocycles. The molecular formula is C21H32IN5OS. The van der Waals surface area contributed by atoms with Crippen LogP contribution in [0.3, 0.4) is 0 Å². The van der Waals surface area contributed by atoms with E-state index >= 15 is 0 Å². The topological polar surface area (TPSA) is 61.8 Å². The fourth-order valence-corrected chi connectivity index (χ4v) is 4.21. The highest BCUT2D eigenvalue weighted by molar-refractivity contribution is 14.0. The van der Waals surface area contributed by atoms with Gasteiger partial charge in [-0.3, -0.25) is 0 Å². The van der Waals surface area contributed by atoms with Crippen LogP contribution in [-0.4, -0.2) is 44.2 Å². The maximum atomic E-state index is 5.52. The van der Waals surface area contributed by atoms with Crippen LogP contribution in [0.4, 0.5) is 5.69 Å². The highest BCUT2D eigenvalue weighted by Crippen LogP contribution is 2.31. The van der Waals surface area contributed by atoms with Crippen LogP contribution in [-0.2, 0) is 13.0 Å². The first-order chi connectivity index (χ1) is 13.7. The van der Waals surface area contributed by atoms with Crippen molar-refractivity contribution in [2.75, 3.05) is 38.2 Å². The molecule has 1 aromatic heterocycles. The number of thiazole rings is 1. The first-order valence-corrected chi connectivity index (χ1v) is 10.9. The average Bonchev–Trinajstić information content (AvgIpc) is 3.39. The van der Waals surface area contributed by atoms with Gasteiger partial charge in [0.05, 0.1) is 19.3 Å². The Morgan fingerprint density at radius 3 is 2.86 bits per heavy atom. The summed E-state index contributed by atoms with van der Waals surface area (Å²) in [5.74, 6) is 2.40. The maximum absolute atomic E-state index is 5.52. The molecule has 29 heavy (non-hydrogen) atoms. The van der Waals surface area contributed by atoms with Gasteiger partial charge in [-0.05, 0) is 37.8 Å². The van der Waals surface area contributed by atoms with Crippen LogP contribution in [0.15, 0.2) is 35.5 Å². The number of halogens is 1. The van der Waals surface area contributed by atoms with Crippen molar-refractivity contribution in [2.24, 2.45) is 10.9 Å². The number of nitrogens with zero attached hydrogens (tertiary/aromatic N) is 3. The molecule has 1 aliphatic rings. The zero-order chi connectivity index (χ0) is 19.8. The average molecular weight is 529 g/mol. The van der Waals surface area contributed by atoms with Crippen LogP contribution < -0.4 is 20.3 Å². The van der Waals surface area contributed by atoms with Crippen molar-refractivity contribution in [1.29, 1.82) is 0 Å². The van der Waals surface area contributed by atoms with Gasteiger partial charge in [0, 0.05) is 37.3 Å². The number of hydrogen-bond acceptors (Lipinski definition) is 5. The molecule has 160 valence electrons. The van der Waals surface area contributed by atoms with Gasteiger partial charge in [-0.15, -0.1) is 35.3 Å². The summed E-state index contributed by atoms with van der Waals surface area (Å²) in [6.45, 7) is 8.71. The number of aliphatic imine (C=N–C) groups is 1. The van der Waals surface area contributed by atoms with Gasteiger partial charge in [0.1, 0.15) is 10.8 Å².